The zero-order valence-corrected chi connectivity index (χ0v) is 19.8. The second kappa shape index (κ2) is 11.2. The van der Waals surface area contributed by atoms with Gasteiger partial charge in [0.1, 0.15) is 0 Å². The predicted octanol–water partition coefficient (Wildman–Crippen LogP) is 7.12. The van der Waals surface area contributed by atoms with Crippen molar-refractivity contribution >= 4 is 0 Å². The molecule has 0 amide bonds. The van der Waals surface area contributed by atoms with Gasteiger partial charge in [-0.3, -0.25) is 0 Å². The molecule has 0 heterocycles. The van der Waals surface area contributed by atoms with E-state index in [0.717, 1.165) is 36.5 Å². The first-order chi connectivity index (χ1) is 14.7. The number of hydrogen-bond acceptors (Lipinski definition) is 2. The van der Waals surface area contributed by atoms with Crippen LogP contribution in [0.3, 0.4) is 0 Å². The minimum Gasteiger partial charge on any atom is -0.393 e. The van der Waals surface area contributed by atoms with Crippen molar-refractivity contribution in [1.82, 2.24) is 0 Å². The van der Waals surface area contributed by atoms with Crippen LogP contribution in [-0.2, 0) is 0 Å². The molecule has 4 fully saturated rings. The summed E-state index contributed by atoms with van der Waals surface area (Å²) in [5.74, 6) is 4.73. The Labute approximate surface area is 186 Å². The molecule has 4 aliphatic carbocycles. The summed E-state index contributed by atoms with van der Waals surface area (Å²) in [6.07, 6.45) is 23.5. The molecule has 0 bridgehead atoms. The van der Waals surface area contributed by atoms with Crippen molar-refractivity contribution in [3.8, 4) is 0 Å². The van der Waals surface area contributed by atoms with E-state index in [0.29, 0.717) is 17.8 Å². The standard InChI is InChI=1S/C28H50O2/c1-2-9-24(25-16-14-22(18-27(25)29)20-10-5-3-6-11-20)26-17-15-23(19-28(26)30)21-12-7-4-8-13-21/h20-30H,2-19H2,1H3. The Morgan fingerprint density at radius 1 is 0.567 bits per heavy atom. The van der Waals surface area contributed by atoms with Gasteiger partial charge in [-0.25, -0.2) is 0 Å². The van der Waals surface area contributed by atoms with E-state index < -0.39 is 0 Å². The Morgan fingerprint density at radius 3 is 1.37 bits per heavy atom. The maximum atomic E-state index is 11.3. The first-order valence-electron chi connectivity index (χ1n) is 14.0. The summed E-state index contributed by atoms with van der Waals surface area (Å²) in [4.78, 5) is 0. The topological polar surface area (TPSA) is 40.5 Å². The number of rotatable bonds is 6. The largest absolute Gasteiger partial charge is 0.393 e. The van der Waals surface area contributed by atoms with Crippen LogP contribution in [0.4, 0.5) is 0 Å². The molecule has 4 aliphatic rings. The SMILES string of the molecule is CCCC(C1CCC(C2CCCCC2)CC1O)C1CCC(C2CCCCC2)CC1O. The van der Waals surface area contributed by atoms with E-state index >= 15 is 0 Å². The third-order valence-corrected chi connectivity index (χ3v) is 10.2. The van der Waals surface area contributed by atoms with Crippen molar-refractivity contribution in [3.63, 3.8) is 0 Å². The highest BCUT2D eigenvalue weighted by molar-refractivity contribution is 4.94. The lowest BCUT2D eigenvalue weighted by Gasteiger charge is -2.47. The predicted molar refractivity (Wildman–Crippen MR) is 125 cm³/mol. The lowest BCUT2D eigenvalue weighted by atomic mass is 9.60. The van der Waals surface area contributed by atoms with Gasteiger partial charge in [0.05, 0.1) is 12.2 Å². The maximum Gasteiger partial charge on any atom is 0.0573 e. The lowest BCUT2D eigenvalue weighted by Crippen LogP contribution is -2.44. The third-order valence-electron chi connectivity index (χ3n) is 10.2. The first kappa shape index (κ1) is 23.1. The minimum atomic E-state index is -0.120. The zero-order valence-electron chi connectivity index (χ0n) is 19.8. The van der Waals surface area contributed by atoms with Gasteiger partial charge in [0.15, 0.2) is 0 Å². The van der Waals surface area contributed by atoms with Crippen molar-refractivity contribution in [2.75, 3.05) is 0 Å². The Morgan fingerprint density at radius 2 is 1.00 bits per heavy atom. The number of aliphatic hydroxyl groups is 2. The van der Waals surface area contributed by atoms with Gasteiger partial charge >= 0.3 is 0 Å². The molecule has 0 aromatic rings. The van der Waals surface area contributed by atoms with Crippen LogP contribution in [0.25, 0.3) is 0 Å². The van der Waals surface area contributed by atoms with E-state index in [9.17, 15) is 10.2 Å². The lowest BCUT2D eigenvalue weighted by molar-refractivity contribution is -0.0633. The number of aliphatic hydroxyl groups excluding tert-OH is 2. The van der Waals surface area contributed by atoms with E-state index in [1.54, 1.807) is 0 Å². The molecule has 4 saturated carbocycles. The Hall–Kier alpha value is -0.0800. The normalized spacial score (nSPS) is 40.9. The molecule has 6 unspecified atom stereocenters. The molecule has 0 aliphatic heterocycles. The van der Waals surface area contributed by atoms with Crippen LogP contribution in [0, 0.1) is 41.4 Å². The highest BCUT2D eigenvalue weighted by Crippen LogP contribution is 2.49. The average molecular weight is 419 g/mol. The van der Waals surface area contributed by atoms with Gasteiger partial charge in [-0.05, 0) is 86.4 Å². The highest BCUT2D eigenvalue weighted by atomic mass is 16.3. The quantitative estimate of drug-likeness (QED) is 0.482. The van der Waals surface area contributed by atoms with Gasteiger partial charge in [0.25, 0.3) is 0 Å². The highest BCUT2D eigenvalue weighted by Gasteiger charge is 2.43. The molecule has 0 radical (unpaired) electrons. The van der Waals surface area contributed by atoms with Gasteiger partial charge in [-0.15, -0.1) is 0 Å². The molecular formula is C28H50O2. The van der Waals surface area contributed by atoms with E-state index in [1.165, 1.54) is 103 Å². The van der Waals surface area contributed by atoms with E-state index in [2.05, 4.69) is 6.92 Å². The van der Waals surface area contributed by atoms with Crippen LogP contribution in [0.15, 0.2) is 0 Å². The molecule has 2 nitrogen and oxygen atoms in total. The summed E-state index contributed by atoms with van der Waals surface area (Å²) in [6, 6.07) is 0. The van der Waals surface area contributed by atoms with Crippen molar-refractivity contribution in [2.45, 2.75) is 135 Å². The van der Waals surface area contributed by atoms with Crippen molar-refractivity contribution in [3.05, 3.63) is 0 Å². The maximum absolute atomic E-state index is 11.3. The van der Waals surface area contributed by atoms with Gasteiger partial charge in [-0.1, -0.05) is 77.6 Å². The van der Waals surface area contributed by atoms with Crippen molar-refractivity contribution in [1.29, 1.82) is 0 Å². The molecule has 0 saturated heterocycles. The summed E-state index contributed by atoms with van der Waals surface area (Å²) >= 11 is 0. The fraction of sp³-hybridized carbons (Fsp3) is 1.00. The Balaban J connectivity index is 1.35. The minimum absolute atomic E-state index is 0.120. The molecule has 2 N–H and O–H groups in total. The van der Waals surface area contributed by atoms with E-state index in [1.807, 2.05) is 0 Å². The number of hydrogen-bond donors (Lipinski definition) is 2. The molecular weight excluding hydrogens is 368 g/mol. The zero-order chi connectivity index (χ0) is 20.9. The smallest absolute Gasteiger partial charge is 0.0573 e. The monoisotopic (exact) mass is 418 g/mol. The Bertz CT molecular complexity index is 451. The average Bonchev–Trinajstić information content (AvgIpc) is 2.79. The van der Waals surface area contributed by atoms with Crippen LogP contribution in [0.1, 0.15) is 122 Å². The molecule has 2 heteroatoms. The molecule has 6 atom stereocenters. The third kappa shape index (κ3) is 5.45. The van der Waals surface area contributed by atoms with Crippen LogP contribution < -0.4 is 0 Å². The Kier molecular flexibility index (Phi) is 8.60. The summed E-state index contributed by atoms with van der Waals surface area (Å²) < 4.78 is 0. The molecule has 30 heavy (non-hydrogen) atoms. The summed E-state index contributed by atoms with van der Waals surface area (Å²) in [5.41, 5.74) is 0. The second-order valence-corrected chi connectivity index (χ2v) is 11.9. The van der Waals surface area contributed by atoms with Crippen LogP contribution >= 0.6 is 0 Å². The second-order valence-electron chi connectivity index (χ2n) is 11.9. The molecule has 0 aromatic heterocycles. The van der Waals surface area contributed by atoms with Crippen molar-refractivity contribution < 1.29 is 10.2 Å². The first-order valence-corrected chi connectivity index (χ1v) is 14.0. The fourth-order valence-corrected chi connectivity index (χ4v) is 8.55. The van der Waals surface area contributed by atoms with E-state index in [4.69, 9.17) is 0 Å². The van der Waals surface area contributed by atoms with Crippen LogP contribution in [0.2, 0.25) is 0 Å². The van der Waals surface area contributed by atoms with Crippen LogP contribution in [-0.4, -0.2) is 22.4 Å². The van der Waals surface area contributed by atoms with E-state index in [-0.39, 0.29) is 12.2 Å². The summed E-state index contributed by atoms with van der Waals surface area (Å²) in [6.45, 7) is 2.30. The molecule has 0 aromatic carbocycles. The van der Waals surface area contributed by atoms with Crippen molar-refractivity contribution in [2.24, 2.45) is 41.4 Å². The fourth-order valence-electron chi connectivity index (χ4n) is 8.55. The molecule has 174 valence electrons. The summed E-state index contributed by atoms with van der Waals surface area (Å²) in [5, 5.41) is 22.5. The molecule has 0 spiro atoms. The molecule has 4 rings (SSSR count). The summed E-state index contributed by atoms with van der Waals surface area (Å²) in [7, 11) is 0. The van der Waals surface area contributed by atoms with Gasteiger partial charge in [0.2, 0.25) is 0 Å². The van der Waals surface area contributed by atoms with Crippen LogP contribution in [0.5, 0.6) is 0 Å². The van der Waals surface area contributed by atoms with Gasteiger partial charge in [-0.2, -0.15) is 0 Å². The van der Waals surface area contributed by atoms with Gasteiger partial charge in [0, 0.05) is 0 Å². The van der Waals surface area contributed by atoms with Gasteiger partial charge < -0.3 is 10.2 Å².